The van der Waals surface area contributed by atoms with Gasteiger partial charge < -0.3 is 20.1 Å². The molecule has 0 spiro atoms. The molecule has 2 aliphatic rings. The fourth-order valence-corrected chi connectivity index (χ4v) is 3.34. The lowest BCUT2D eigenvalue weighted by Crippen LogP contribution is -2.62. The molecule has 1 aliphatic carbocycles. The second-order valence-electron chi connectivity index (χ2n) is 7.71. The van der Waals surface area contributed by atoms with Gasteiger partial charge in [-0.15, -0.1) is 0 Å². The first kappa shape index (κ1) is 20.3. The highest BCUT2D eigenvalue weighted by molar-refractivity contribution is 6.03. The number of carbonyl (C=O) groups excluding carboxylic acids is 2. The van der Waals surface area contributed by atoms with Gasteiger partial charge in [-0.05, 0) is 36.5 Å². The quantitative estimate of drug-likeness (QED) is 0.467. The van der Waals surface area contributed by atoms with Crippen LogP contribution in [-0.4, -0.2) is 50.2 Å². The minimum atomic E-state index is -0.698. The zero-order chi connectivity index (χ0) is 20.3. The summed E-state index contributed by atoms with van der Waals surface area (Å²) in [6.45, 7) is 3.31. The topological polar surface area (TPSA) is 101 Å². The van der Waals surface area contributed by atoms with Crippen molar-refractivity contribution >= 4 is 17.6 Å². The lowest BCUT2D eigenvalue weighted by Gasteiger charge is -2.44. The molecule has 2 fully saturated rings. The summed E-state index contributed by atoms with van der Waals surface area (Å²) >= 11 is 0. The van der Waals surface area contributed by atoms with Crippen molar-refractivity contribution in [2.24, 2.45) is 5.41 Å². The third-order valence-corrected chi connectivity index (χ3v) is 5.06. The normalized spacial score (nSPS) is 18.5. The third kappa shape index (κ3) is 4.49. The number of carbonyl (C=O) groups is 2. The van der Waals surface area contributed by atoms with Gasteiger partial charge in [0, 0.05) is 17.9 Å². The summed E-state index contributed by atoms with van der Waals surface area (Å²) in [6, 6.07) is 4.49. The molecule has 152 valence electrons. The molecule has 1 atom stereocenters. The van der Waals surface area contributed by atoms with E-state index < -0.39 is 18.1 Å². The molecule has 1 aliphatic heterocycles. The van der Waals surface area contributed by atoms with E-state index in [1.165, 1.54) is 6.92 Å². The summed E-state index contributed by atoms with van der Waals surface area (Å²) < 4.78 is 23.3. The van der Waals surface area contributed by atoms with Gasteiger partial charge in [0.15, 0.2) is 0 Å². The molecular weight excluding hydrogens is 365 g/mol. The van der Waals surface area contributed by atoms with E-state index in [4.69, 9.17) is 14.9 Å². The van der Waals surface area contributed by atoms with Gasteiger partial charge in [-0.25, -0.2) is 4.39 Å². The maximum atomic E-state index is 12.9. The number of benzene rings is 1. The molecule has 1 aromatic rings. The maximum absolute atomic E-state index is 12.9. The summed E-state index contributed by atoms with van der Waals surface area (Å²) in [5.74, 6) is 0.0949. The molecule has 1 saturated carbocycles. The van der Waals surface area contributed by atoms with E-state index in [0.717, 1.165) is 18.4 Å². The van der Waals surface area contributed by atoms with Gasteiger partial charge >= 0.3 is 0 Å². The number of hydrogen-bond acceptors (Lipinski definition) is 5. The van der Waals surface area contributed by atoms with Crippen LogP contribution in [0.2, 0.25) is 0 Å². The van der Waals surface area contributed by atoms with Gasteiger partial charge in [0.05, 0.1) is 19.3 Å². The number of amides is 2. The molecule has 0 bridgehead atoms. The molecule has 1 saturated heterocycles. The molecule has 3 rings (SSSR count). The lowest BCUT2D eigenvalue weighted by molar-refractivity contribution is -0.118. The van der Waals surface area contributed by atoms with Gasteiger partial charge in [0.25, 0.3) is 5.91 Å². The van der Waals surface area contributed by atoms with Crippen LogP contribution in [0.1, 0.15) is 48.5 Å². The Hall–Kier alpha value is -2.48. The summed E-state index contributed by atoms with van der Waals surface area (Å²) in [4.78, 5) is 24.2. The second kappa shape index (κ2) is 8.26. The van der Waals surface area contributed by atoms with Crippen molar-refractivity contribution in [2.45, 2.75) is 38.6 Å². The largest absolute Gasteiger partial charge is 0.491 e. The molecular formula is C20H26FN3O4. The molecule has 2 amide bonds. The number of ether oxygens (including phenoxy) is 2. The molecule has 8 heteroatoms. The van der Waals surface area contributed by atoms with E-state index >= 15 is 0 Å². The summed E-state index contributed by atoms with van der Waals surface area (Å²) in [5, 5.41) is 13.5. The van der Waals surface area contributed by atoms with E-state index in [9.17, 15) is 14.0 Å². The predicted molar refractivity (Wildman–Crippen MR) is 102 cm³/mol. The highest BCUT2D eigenvalue weighted by atomic mass is 19.1. The van der Waals surface area contributed by atoms with Gasteiger partial charge in [-0.1, -0.05) is 13.0 Å². The second-order valence-corrected chi connectivity index (χ2v) is 7.71. The summed E-state index contributed by atoms with van der Waals surface area (Å²) in [7, 11) is 0. The fraction of sp³-hybridized carbons (Fsp3) is 0.550. The number of nitrogens with one attached hydrogen (secondary N) is 3. The van der Waals surface area contributed by atoms with E-state index in [2.05, 4.69) is 10.6 Å². The smallest absolute Gasteiger partial charge is 0.252 e. The number of hydrogen-bond donors (Lipinski definition) is 3. The van der Waals surface area contributed by atoms with Crippen molar-refractivity contribution in [3.8, 4) is 5.75 Å². The highest BCUT2D eigenvalue weighted by Gasteiger charge is 2.45. The molecule has 28 heavy (non-hydrogen) atoms. The Bertz CT molecular complexity index is 775. The predicted octanol–water partition coefficient (Wildman–Crippen LogP) is 2.16. The van der Waals surface area contributed by atoms with E-state index in [1.54, 1.807) is 12.1 Å². The Morgan fingerprint density at radius 3 is 2.64 bits per heavy atom. The Morgan fingerprint density at radius 2 is 2.11 bits per heavy atom. The molecule has 1 aromatic carbocycles. The van der Waals surface area contributed by atoms with Gasteiger partial charge in [-0.2, -0.15) is 0 Å². The van der Waals surface area contributed by atoms with Crippen LogP contribution >= 0.6 is 0 Å². The van der Waals surface area contributed by atoms with E-state index in [0.29, 0.717) is 30.4 Å². The standard InChI is InChI=1S/C20H26FN3O4/c1-12(25)23-18(22)17(20(2)10-27-11-20)24-19(26)14-5-6-15(13-3-4-13)16(9-14)28-8-7-21/h5-6,9,13,17H,3-4,7-8,10-11H2,1-2H3,(H,24,26)(H2,22,23,25). The highest BCUT2D eigenvalue weighted by Crippen LogP contribution is 2.44. The van der Waals surface area contributed by atoms with Crippen LogP contribution in [0.15, 0.2) is 18.2 Å². The van der Waals surface area contributed by atoms with Crippen molar-refractivity contribution in [1.29, 1.82) is 5.41 Å². The van der Waals surface area contributed by atoms with Crippen molar-refractivity contribution < 1.29 is 23.5 Å². The Kier molecular flexibility index (Phi) is 5.98. The Labute approximate surface area is 163 Å². The molecule has 7 nitrogen and oxygen atoms in total. The molecule has 3 N–H and O–H groups in total. The lowest BCUT2D eigenvalue weighted by atomic mass is 9.79. The van der Waals surface area contributed by atoms with Crippen molar-refractivity contribution in [3.63, 3.8) is 0 Å². The van der Waals surface area contributed by atoms with Crippen LogP contribution in [0.25, 0.3) is 0 Å². The minimum absolute atomic E-state index is 0.0595. The number of rotatable bonds is 8. The number of alkyl halides is 1. The number of halogens is 1. The van der Waals surface area contributed by atoms with Crippen LogP contribution in [0.5, 0.6) is 5.75 Å². The van der Waals surface area contributed by atoms with Crippen LogP contribution in [-0.2, 0) is 9.53 Å². The molecule has 1 heterocycles. The van der Waals surface area contributed by atoms with Gasteiger partial charge in [-0.3, -0.25) is 15.0 Å². The van der Waals surface area contributed by atoms with Gasteiger partial charge in [0.2, 0.25) is 5.91 Å². The zero-order valence-electron chi connectivity index (χ0n) is 16.1. The van der Waals surface area contributed by atoms with Crippen LogP contribution in [0, 0.1) is 10.8 Å². The first-order valence-electron chi connectivity index (χ1n) is 9.41. The summed E-state index contributed by atoms with van der Waals surface area (Å²) in [6.07, 6.45) is 2.12. The minimum Gasteiger partial charge on any atom is -0.491 e. The monoisotopic (exact) mass is 391 g/mol. The van der Waals surface area contributed by atoms with Crippen LogP contribution in [0.3, 0.4) is 0 Å². The van der Waals surface area contributed by atoms with E-state index in [-0.39, 0.29) is 24.3 Å². The Balaban J connectivity index is 1.79. The first-order chi connectivity index (χ1) is 13.3. The number of amidine groups is 1. The SMILES string of the molecule is CC(=O)NC(=N)C(NC(=O)c1ccc(C2CC2)c(OCCF)c1)C1(C)COC1. The Morgan fingerprint density at radius 1 is 1.39 bits per heavy atom. The molecule has 0 radical (unpaired) electrons. The van der Waals surface area contributed by atoms with Crippen molar-refractivity contribution in [2.75, 3.05) is 26.5 Å². The van der Waals surface area contributed by atoms with Crippen molar-refractivity contribution in [3.05, 3.63) is 29.3 Å². The average molecular weight is 391 g/mol. The zero-order valence-corrected chi connectivity index (χ0v) is 16.1. The molecule has 1 unspecified atom stereocenters. The first-order valence-corrected chi connectivity index (χ1v) is 9.41. The van der Waals surface area contributed by atoms with Crippen LogP contribution < -0.4 is 15.4 Å². The molecule has 0 aromatic heterocycles. The summed E-state index contributed by atoms with van der Waals surface area (Å²) in [5.41, 5.74) is 0.881. The maximum Gasteiger partial charge on any atom is 0.252 e. The van der Waals surface area contributed by atoms with E-state index in [1.807, 2.05) is 13.0 Å². The van der Waals surface area contributed by atoms with Crippen LogP contribution in [0.4, 0.5) is 4.39 Å². The average Bonchev–Trinajstić information content (AvgIpc) is 3.46. The van der Waals surface area contributed by atoms with Crippen molar-refractivity contribution in [1.82, 2.24) is 10.6 Å². The fourth-order valence-electron chi connectivity index (χ4n) is 3.34. The third-order valence-electron chi connectivity index (χ3n) is 5.06. The van der Waals surface area contributed by atoms with Gasteiger partial charge in [0.1, 0.15) is 24.9 Å².